The average Bonchev–Trinajstić information content (AvgIpc) is 2.90. The van der Waals surface area contributed by atoms with E-state index in [2.05, 4.69) is 46.6 Å². The van der Waals surface area contributed by atoms with Crippen LogP contribution in [0.15, 0.2) is 28.8 Å². The van der Waals surface area contributed by atoms with Gasteiger partial charge in [-0.3, -0.25) is 0 Å². The Bertz CT molecular complexity index is 622. The molecule has 2 aromatic rings. The summed E-state index contributed by atoms with van der Waals surface area (Å²) in [4.78, 5) is 4.68. The third kappa shape index (κ3) is 1.95. The zero-order valence-electron chi connectivity index (χ0n) is 11.7. The van der Waals surface area contributed by atoms with Crippen LogP contribution in [-0.4, -0.2) is 22.7 Å². The minimum atomic E-state index is 0.336. The second kappa shape index (κ2) is 4.70. The van der Waals surface area contributed by atoms with Gasteiger partial charge in [-0.2, -0.15) is 4.98 Å². The molecule has 1 aliphatic carbocycles. The van der Waals surface area contributed by atoms with Crippen molar-refractivity contribution in [1.29, 1.82) is 0 Å². The first-order chi connectivity index (χ1) is 9.81. The highest BCUT2D eigenvalue weighted by Gasteiger charge is 2.32. The molecule has 2 heterocycles. The lowest BCUT2D eigenvalue weighted by atomic mass is 9.77. The maximum absolute atomic E-state index is 5.54. The van der Waals surface area contributed by atoms with Crippen LogP contribution in [0.2, 0.25) is 0 Å². The van der Waals surface area contributed by atoms with Crippen molar-refractivity contribution < 1.29 is 4.52 Å². The van der Waals surface area contributed by atoms with E-state index in [1.54, 1.807) is 0 Å². The quantitative estimate of drug-likeness (QED) is 0.910. The van der Waals surface area contributed by atoms with Crippen LogP contribution in [0.4, 0.5) is 0 Å². The van der Waals surface area contributed by atoms with Crippen LogP contribution in [0.1, 0.15) is 54.4 Å². The molecule has 104 valence electrons. The minimum absolute atomic E-state index is 0.336. The predicted molar refractivity (Wildman–Crippen MR) is 75.7 cm³/mol. The lowest BCUT2D eigenvalue weighted by molar-refractivity contribution is 0.293. The molecular formula is C16H19N3O. The number of piperidine rings is 1. The summed E-state index contributed by atoms with van der Waals surface area (Å²) >= 11 is 0. The van der Waals surface area contributed by atoms with Gasteiger partial charge >= 0.3 is 0 Å². The van der Waals surface area contributed by atoms with E-state index >= 15 is 0 Å². The number of aromatic nitrogens is 2. The minimum Gasteiger partial charge on any atom is -0.339 e. The van der Waals surface area contributed by atoms with Crippen LogP contribution in [0.5, 0.6) is 0 Å². The first kappa shape index (κ1) is 12.1. The van der Waals surface area contributed by atoms with Crippen LogP contribution >= 0.6 is 0 Å². The molecule has 0 spiro atoms. The van der Waals surface area contributed by atoms with Crippen molar-refractivity contribution in [2.45, 2.75) is 44.1 Å². The number of benzene rings is 1. The van der Waals surface area contributed by atoms with Gasteiger partial charge in [0, 0.05) is 12.0 Å². The summed E-state index contributed by atoms with van der Waals surface area (Å²) in [6, 6.07) is 9.06. The van der Waals surface area contributed by atoms with Crippen LogP contribution in [0.3, 0.4) is 0 Å². The normalized spacial score (nSPS) is 28.8. The second-order valence-corrected chi connectivity index (χ2v) is 6.02. The van der Waals surface area contributed by atoms with Crippen molar-refractivity contribution in [3.05, 3.63) is 47.1 Å². The highest BCUT2D eigenvalue weighted by Crippen LogP contribution is 2.39. The molecule has 1 aliphatic heterocycles. The van der Waals surface area contributed by atoms with Gasteiger partial charge in [-0.1, -0.05) is 29.4 Å². The number of fused-ring (bicyclic) bond motifs is 1. The van der Waals surface area contributed by atoms with Gasteiger partial charge in [0.25, 0.3) is 0 Å². The van der Waals surface area contributed by atoms with Crippen molar-refractivity contribution in [1.82, 2.24) is 15.5 Å². The molecule has 1 saturated heterocycles. The SMILES string of the molecule is CC1CC(c2nc(C3Cc4ccccc43)no2)CCN1. The molecule has 3 unspecified atom stereocenters. The summed E-state index contributed by atoms with van der Waals surface area (Å²) in [6.07, 6.45) is 3.22. The maximum atomic E-state index is 5.54. The summed E-state index contributed by atoms with van der Waals surface area (Å²) in [5.74, 6) is 2.45. The number of rotatable bonds is 2. The highest BCUT2D eigenvalue weighted by atomic mass is 16.5. The monoisotopic (exact) mass is 269 g/mol. The zero-order chi connectivity index (χ0) is 13.5. The predicted octanol–water partition coefficient (Wildman–Crippen LogP) is 2.61. The Kier molecular flexibility index (Phi) is 2.84. The Morgan fingerprint density at radius 2 is 2.20 bits per heavy atom. The Morgan fingerprint density at radius 3 is 3.05 bits per heavy atom. The summed E-state index contributed by atoms with van der Waals surface area (Å²) < 4.78 is 5.54. The van der Waals surface area contributed by atoms with Crippen molar-refractivity contribution in [3.63, 3.8) is 0 Å². The molecule has 3 atom stereocenters. The summed E-state index contributed by atoms with van der Waals surface area (Å²) in [5.41, 5.74) is 2.78. The van der Waals surface area contributed by atoms with Crippen molar-refractivity contribution in [2.75, 3.05) is 6.54 Å². The van der Waals surface area contributed by atoms with E-state index in [0.29, 0.717) is 17.9 Å². The largest absolute Gasteiger partial charge is 0.339 e. The highest BCUT2D eigenvalue weighted by molar-refractivity contribution is 5.43. The van der Waals surface area contributed by atoms with Gasteiger partial charge in [0.1, 0.15) is 0 Å². The van der Waals surface area contributed by atoms with Gasteiger partial charge in [0.15, 0.2) is 5.82 Å². The third-order valence-electron chi connectivity index (χ3n) is 4.60. The fourth-order valence-electron chi connectivity index (χ4n) is 3.40. The standard InChI is InChI=1S/C16H19N3O/c1-10-8-12(6-7-17-10)16-18-15(19-20-16)14-9-11-4-2-3-5-13(11)14/h2-5,10,12,14,17H,6-9H2,1H3. The summed E-state index contributed by atoms with van der Waals surface area (Å²) in [7, 11) is 0. The smallest absolute Gasteiger partial charge is 0.229 e. The van der Waals surface area contributed by atoms with Crippen LogP contribution in [0, 0.1) is 0 Å². The second-order valence-electron chi connectivity index (χ2n) is 6.02. The van der Waals surface area contributed by atoms with E-state index in [-0.39, 0.29) is 0 Å². The van der Waals surface area contributed by atoms with Gasteiger partial charge in [-0.15, -0.1) is 0 Å². The van der Waals surface area contributed by atoms with Gasteiger partial charge in [-0.25, -0.2) is 0 Å². The van der Waals surface area contributed by atoms with Crippen molar-refractivity contribution in [2.24, 2.45) is 0 Å². The van der Waals surface area contributed by atoms with Crippen molar-refractivity contribution >= 4 is 0 Å². The van der Waals surface area contributed by atoms with Crippen molar-refractivity contribution in [3.8, 4) is 0 Å². The lowest BCUT2D eigenvalue weighted by Gasteiger charge is -2.27. The lowest BCUT2D eigenvalue weighted by Crippen LogP contribution is -2.35. The molecule has 4 rings (SSSR count). The average molecular weight is 269 g/mol. The van der Waals surface area contributed by atoms with E-state index in [4.69, 9.17) is 4.52 Å². The number of hydrogen-bond acceptors (Lipinski definition) is 4. The van der Waals surface area contributed by atoms with E-state index in [0.717, 1.165) is 37.5 Å². The first-order valence-electron chi connectivity index (χ1n) is 7.46. The number of nitrogens with one attached hydrogen (secondary N) is 1. The fourth-order valence-corrected chi connectivity index (χ4v) is 3.40. The zero-order valence-corrected chi connectivity index (χ0v) is 11.7. The molecule has 1 N–H and O–H groups in total. The number of hydrogen-bond donors (Lipinski definition) is 1. The van der Waals surface area contributed by atoms with Gasteiger partial charge in [0.2, 0.25) is 5.89 Å². The molecule has 2 aliphatic rings. The molecule has 0 amide bonds. The summed E-state index contributed by atoms with van der Waals surface area (Å²) in [6.45, 7) is 3.25. The molecule has 4 nitrogen and oxygen atoms in total. The first-order valence-corrected chi connectivity index (χ1v) is 7.46. The third-order valence-corrected chi connectivity index (χ3v) is 4.60. The molecule has 1 aromatic heterocycles. The Morgan fingerprint density at radius 1 is 1.30 bits per heavy atom. The molecule has 1 fully saturated rings. The van der Waals surface area contributed by atoms with E-state index in [1.165, 1.54) is 11.1 Å². The van der Waals surface area contributed by atoms with Crippen LogP contribution in [0.25, 0.3) is 0 Å². The van der Waals surface area contributed by atoms with E-state index < -0.39 is 0 Å². The molecule has 20 heavy (non-hydrogen) atoms. The molecule has 4 heteroatoms. The van der Waals surface area contributed by atoms with E-state index in [1.807, 2.05) is 0 Å². The van der Waals surface area contributed by atoms with Gasteiger partial charge in [-0.05, 0) is 43.9 Å². The van der Waals surface area contributed by atoms with Gasteiger partial charge < -0.3 is 9.84 Å². The Labute approximate surface area is 118 Å². The Balaban J connectivity index is 1.55. The molecular weight excluding hydrogens is 250 g/mol. The van der Waals surface area contributed by atoms with Crippen LogP contribution < -0.4 is 5.32 Å². The molecule has 0 bridgehead atoms. The molecule has 1 aromatic carbocycles. The summed E-state index contributed by atoms with van der Waals surface area (Å²) in [5, 5.41) is 7.69. The van der Waals surface area contributed by atoms with Crippen LogP contribution in [-0.2, 0) is 6.42 Å². The topological polar surface area (TPSA) is 51.0 Å². The fraction of sp³-hybridized carbons (Fsp3) is 0.500. The molecule has 0 saturated carbocycles. The molecule has 0 radical (unpaired) electrons. The Hall–Kier alpha value is -1.68. The maximum Gasteiger partial charge on any atom is 0.229 e. The number of nitrogens with zero attached hydrogens (tertiary/aromatic N) is 2. The van der Waals surface area contributed by atoms with E-state index in [9.17, 15) is 0 Å². The van der Waals surface area contributed by atoms with Gasteiger partial charge in [0.05, 0.1) is 5.92 Å².